The molecule has 0 atom stereocenters. The fourth-order valence-electron chi connectivity index (χ4n) is 2.12. The van der Waals surface area contributed by atoms with Gasteiger partial charge in [0, 0.05) is 6.20 Å². The molecule has 7 nitrogen and oxygen atoms in total. The molecular formula is C10H13N6O+. The van der Waals surface area contributed by atoms with Crippen molar-refractivity contribution < 1.29 is 9.42 Å². The average molecular weight is 233 g/mol. The van der Waals surface area contributed by atoms with Crippen LogP contribution in [0.1, 0.15) is 0 Å². The summed E-state index contributed by atoms with van der Waals surface area (Å²) in [6.45, 7) is 1.83. The second-order valence-corrected chi connectivity index (χ2v) is 4.16. The van der Waals surface area contributed by atoms with Gasteiger partial charge in [0.05, 0.1) is 27.2 Å². The third-order valence-corrected chi connectivity index (χ3v) is 2.99. The Balaban J connectivity index is 2.28. The van der Waals surface area contributed by atoms with Crippen LogP contribution in [0.3, 0.4) is 0 Å². The van der Waals surface area contributed by atoms with Crippen molar-refractivity contribution in [1.29, 1.82) is 0 Å². The van der Waals surface area contributed by atoms with E-state index in [0.29, 0.717) is 16.0 Å². The average Bonchev–Trinajstić information content (AvgIpc) is 2.82. The summed E-state index contributed by atoms with van der Waals surface area (Å²) in [6.07, 6.45) is 1.66. The third-order valence-electron chi connectivity index (χ3n) is 2.99. The molecule has 7 heteroatoms. The molecule has 0 saturated heterocycles. The van der Waals surface area contributed by atoms with Crippen molar-refractivity contribution in [3.63, 3.8) is 0 Å². The number of hydrogen-bond acceptors (Lipinski definition) is 4. The van der Waals surface area contributed by atoms with E-state index in [4.69, 9.17) is 0 Å². The van der Waals surface area contributed by atoms with Crippen molar-refractivity contribution >= 4 is 17.1 Å². The second kappa shape index (κ2) is 3.41. The standard InChI is InChI=1S/C10H13N6O/c1-13-6-7-14(2)10(13)15-9-8(16(17)12-15)4-3-5-11-9/h3-5H,6-7H2,1-2H3/q+1. The van der Waals surface area contributed by atoms with Crippen LogP contribution in [0.15, 0.2) is 18.3 Å². The lowest BCUT2D eigenvalue weighted by atomic mass is 10.4. The number of likely N-dealkylation sites (N-methyl/N-ethyl adjacent to an activating group) is 2. The zero-order valence-corrected chi connectivity index (χ0v) is 9.74. The number of rotatable bonds is 0. The molecule has 0 radical (unpaired) electrons. The SMILES string of the molecule is CN1CC[N+](C)=C1n1n[n+]([O-])c2cccnc21. The fraction of sp³-hybridized carbons (Fsp3) is 0.400. The van der Waals surface area contributed by atoms with Crippen LogP contribution in [-0.2, 0) is 0 Å². The monoisotopic (exact) mass is 233 g/mol. The Morgan fingerprint density at radius 2 is 2.29 bits per heavy atom. The molecule has 88 valence electrons. The largest absolute Gasteiger partial charge is 0.691 e. The minimum Gasteiger partial charge on any atom is -0.691 e. The number of pyridine rings is 1. The quantitative estimate of drug-likeness (QED) is 0.426. The molecule has 0 spiro atoms. The molecule has 0 bridgehead atoms. The zero-order valence-electron chi connectivity index (χ0n) is 9.74. The lowest BCUT2D eigenvalue weighted by molar-refractivity contribution is -0.645. The summed E-state index contributed by atoms with van der Waals surface area (Å²) < 4.78 is 3.65. The highest BCUT2D eigenvalue weighted by molar-refractivity contribution is 5.85. The first kappa shape index (κ1) is 10.0. The van der Waals surface area contributed by atoms with Crippen molar-refractivity contribution in [2.75, 3.05) is 27.2 Å². The second-order valence-electron chi connectivity index (χ2n) is 4.16. The first-order valence-electron chi connectivity index (χ1n) is 5.41. The van der Waals surface area contributed by atoms with Crippen molar-refractivity contribution in [2.24, 2.45) is 0 Å². The van der Waals surface area contributed by atoms with E-state index in [2.05, 4.69) is 19.7 Å². The van der Waals surface area contributed by atoms with E-state index >= 15 is 0 Å². The van der Waals surface area contributed by atoms with Crippen molar-refractivity contribution in [3.05, 3.63) is 23.5 Å². The van der Waals surface area contributed by atoms with Crippen LogP contribution in [0.5, 0.6) is 0 Å². The van der Waals surface area contributed by atoms with Gasteiger partial charge in [-0.3, -0.25) is 9.48 Å². The molecule has 0 unspecified atom stereocenters. The van der Waals surface area contributed by atoms with Crippen LogP contribution in [-0.4, -0.2) is 57.5 Å². The molecule has 0 aromatic carbocycles. The lowest BCUT2D eigenvalue weighted by Crippen LogP contribution is -2.37. The van der Waals surface area contributed by atoms with E-state index in [9.17, 15) is 5.21 Å². The lowest BCUT2D eigenvalue weighted by Gasteiger charge is -2.02. The summed E-state index contributed by atoms with van der Waals surface area (Å²) in [5.74, 6) is 0.878. The minimum atomic E-state index is 0.480. The van der Waals surface area contributed by atoms with Crippen LogP contribution in [0.4, 0.5) is 0 Å². The van der Waals surface area contributed by atoms with Crippen molar-refractivity contribution in [1.82, 2.24) is 19.8 Å². The Morgan fingerprint density at radius 1 is 1.47 bits per heavy atom. The molecule has 0 N–H and O–H groups in total. The van der Waals surface area contributed by atoms with Gasteiger partial charge in [-0.15, -0.1) is 4.85 Å². The van der Waals surface area contributed by atoms with E-state index in [1.54, 1.807) is 23.0 Å². The van der Waals surface area contributed by atoms with Gasteiger partial charge in [0.25, 0.3) is 0 Å². The van der Waals surface area contributed by atoms with Gasteiger partial charge in [0.15, 0.2) is 0 Å². The van der Waals surface area contributed by atoms with E-state index in [1.165, 1.54) is 0 Å². The van der Waals surface area contributed by atoms with Gasteiger partial charge in [-0.05, 0) is 16.8 Å². The van der Waals surface area contributed by atoms with Gasteiger partial charge < -0.3 is 5.21 Å². The predicted octanol–water partition coefficient (Wildman–Crippen LogP) is -1.14. The molecule has 0 fully saturated rings. The first-order chi connectivity index (χ1) is 8.18. The molecule has 1 aliphatic heterocycles. The Bertz CT molecular complexity index is 616. The van der Waals surface area contributed by atoms with Crippen LogP contribution >= 0.6 is 0 Å². The van der Waals surface area contributed by atoms with Crippen LogP contribution in [0.25, 0.3) is 11.2 Å². The van der Waals surface area contributed by atoms with E-state index in [-0.39, 0.29) is 0 Å². The summed E-state index contributed by atoms with van der Waals surface area (Å²) in [4.78, 5) is 6.88. The van der Waals surface area contributed by atoms with Crippen LogP contribution in [0.2, 0.25) is 0 Å². The van der Waals surface area contributed by atoms with Gasteiger partial charge in [-0.25, -0.2) is 4.98 Å². The molecule has 1 aliphatic rings. The molecule has 0 aliphatic carbocycles. The summed E-state index contributed by atoms with van der Waals surface area (Å²) in [5, 5.41) is 15.6. The molecule has 3 heterocycles. The Labute approximate surface area is 97.8 Å². The first-order valence-corrected chi connectivity index (χ1v) is 5.41. The third kappa shape index (κ3) is 1.35. The summed E-state index contributed by atoms with van der Waals surface area (Å²) >= 11 is 0. The molecule has 17 heavy (non-hydrogen) atoms. The number of fused-ring (bicyclic) bond motifs is 1. The molecular weight excluding hydrogens is 220 g/mol. The maximum atomic E-state index is 11.7. The number of hydrogen-bond donors (Lipinski definition) is 0. The fourth-order valence-corrected chi connectivity index (χ4v) is 2.12. The predicted molar refractivity (Wildman–Crippen MR) is 60.6 cm³/mol. The van der Waals surface area contributed by atoms with Gasteiger partial charge in [-0.2, -0.15) is 0 Å². The van der Waals surface area contributed by atoms with E-state index in [1.807, 2.05) is 14.1 Å². The molecule has 0 amide bonds. The zero-order chi connectivity index (χ0) is 12.0. The summed E-state index contributed by atoms with van der Waals surface area (Å²) in [7, 11) is 3.95. The van der Waals surface area contributed by atoms with Gasteiger partial charge >= 0.3 is 11.6 Å². The van der Waals surface area contributed by atoms with Gasteiger partial charge in [-0.1, -0.05) is 0 Å². The van der Waals surface area contributed by atoms with Crippen molar-refractivity contribution in [3.8, 4) is 0 Å². The maximum Gasteiger partial charge on any atom is 0.414 e. The highest BCUT2D eigenvalue weighted by Gasteiger charge is 2.33. The molecule has 0 saturated carbocycles. The highest BCUT2D eigenvalue weighted by atomic mass is 16.5. The normalized spacial score (nSPS) is 16.2. The number of nitrogens with zero attached hydrogens (tertiary/aromatic N) is 6. The Hall–Kier alpha value is -2.18. The van der Waals surface area contributed by atoms with E-state index < -0.39 is 0 Å². The maximum absolute atomic E-state index is 11.7. The topological polar surface area (TPSA) is 63.9 Å². The molecule has 2 aromatic heterocycles. The van der Waals surface area contributed by atoms with Gasteiger partial charge in [0.2, 0.25) is 5.52 Å². The highest BCUT2D eigenvalue weighted by Crippen LogP contribution is 2.07. The summed E-state index contributed by atoms with van der Waals surface area (Å²) in [6, 6.07) is 3.45. The summed E-state index contributed by atoms with van der Waals surface area (Å²) in [5.41, 5.74) is 1.06. The van der Waals surface area contributed by atoms with Gasteiger partial charge in [0.1, 0.15) is 5.21 Å². The number of aromatic nitrogens is 4. The van der Waals surface area contributed by atoms with Crippen molar-refractivity contribution in [2.45, 2.75) is 0 Å². The molecule has 2 aromatic rings. The minimum absolute atomic E-state index is 0.480. The Morgan fingerprint density at radius 3 is 3.00 bits per heavy atom. The Kier molecular flexibility index (Phi) is 2.01. The van der Waals surface area contributed by atoms with Crippen LogP contribution < -0.4 is 4.85 Å². The smallest absolute Gasteiger partial charge is 0.414 e. The van der Waals surface area contributed by atoms with Crippen LogP contribution in [0, 0.1) is 5.21 Å². The molecule has 3 rings (SSSR count). The van der Waals surface area contributed by atoms with E-state index in [0.717, 1.165) is 19.0 Å².